The molecule has 0 unspecified atom stereocenters. The number of hydrogen-bond acceptors (Lipinski definition) is 5. The number of nitrogens with zero attached hydrogens (tertiary/aromatic N) is 2. The first kappa shape index (κ1) is 11.7. The number of H-pyrrole nitrogens is 1. The monoisotopic (exact) mass is 248 g/mol. The van der Waals surface area contributed by atoms with Crippen molar-refractivity contribution in [2.45, 2.75) is 23.4 Å². The molecule has 3 N–H and O–H groups in total. The molecule has 0 saturated carbocycles. The maximum atomic E-state index is 11.4. The molecule has 0 atom stereocenters. The van der Waals surface area contributed by atoms with E-state index in [9.17, 15) is 4.79 Å². The van der Waals surface area contributed by atoms with E-state index in [4.69, 9.17) is 5.73 Å². The van der Waals surface area contributed by atoms with Crippen LogP contribution in [0.25, 0.3) is 0 Å². The lowest BCUT2D eigenvalue weighted by Crippen LogP contribution is -2.10. The van der Waals surface area contributed by atoms with Crippen molar-refractivity contribution in [1.29, 1.82) is 0 Å². The van der Waals surface area contributed by atoms with Crippen LogP contribution in [0, 0.1) is 0 Å². The van der Waals surface area contributed by atoms with Crippen LogP contribution in [0.2, 0.25) is 0 Å². The lowest BCUT2D eigenvalue weighted by atomic mass is 10.4. The Morgan fingerprint density at radius 3 is 3.06 bits per heavy atom. The van der Waals surface area contributed by atoms with E-state index in [1.807, 2.05) is 6.92 Å². The van der Waals surface area contributed by atoms with Crippen LogP contribution in [0.1, 0.15) is 12.7 Å². The largest absolute Gasteiger partial charge is 0.397 e. The van der Waals surface area contributed by atoms with Crippen molar-refractivity contribution in [3.63, 3.8) is 0 Å². The molecule has 0 spiro atoms. The number of nitrogens with one attached hydrogen (secondary N) is 1. The maximum Gasteiger partial charge on any atom is 0.251 e. The number of aryl methyl sites for hydroxylation is 1. The zero-order valence-corrected chi connectivity index (χ0v) is 10.1. The third-order valence-corrected chi connectivity index (χ3v) is 3.06. The Morgan fingerprint density at radius 2 is 2.35 bits per heavy atom. The van der Waals surface area contributed by atoms with E-state index in [1.54, 1.807) is 18.3 Å². The average molecular weight is 248 g/mol. The molecular weight excluding hydrogens is 236 g/mol. The maximum absolute atomic E-state index is 11.4. The van der Waals surface area contributed by atoms with Crippen LogP contribution in [0.4, 0.5) is 5.69 Å². The number of rotatable bonds is 3. The van der Waals surface area contributed by atoms with E-state index in [-0.39, 0.29) is 5.56 Å². The highest BCUT2D eigenvalue weighted by Gasteiger charge is 2.06. The molecule has 0 aliphatic rings. The zero-order valence-electron chi connectivity index (χ0n) is 9.30. The van der Waals surface area contributed by atoms with Crippen LogP contribution in [0.5, 0.6) is 0 Å². The fraction of sp³-hybridized carbons (Fsp3) is 0.182. The van der Waals surface area contributed by atoms with Gasteiger partial charge in [-0.2, -0.15) is 0 Å². The van der Waals surface area contributed by atoms with Gasteiger partial charge in [-0.15, -0.1) is 0 Å². The molecular formula is C11H12N4OS. The second-order valence-electron chi connectivity index (χ2n) is 3.38. The Balaban J connectivity index is 2.33. The van der Waals surface area contributed by atoms with Gasteiger partial charge in [0.05, 0.1) is 5.69 Å². The molecule has 6 heteroatoms. The third-order valence-electron chi connectivity index (χ3n) is 2.10. The van der Waals surface area contributed by atoms with E-state index in [0.717, 1.165) is 0 Å². The summed E-state index contributed by atoms with van der Waals surface area (Å²) in [7, 11) is 0. The number of pyridine rings is 1. The molecule has 2 aromatic rings. The van der Waals surface area contributed by atoms with Crippen LogP contribution in [-0.4, -0.2) is 15.0 Å². The molecule has 2 rings (SSSR count). The van der Waals surface area contributed by atoms with Crippen molar-refractivity contribution in [1.82, 2.24) is 15.0 Å². The minimum absolute atomic E-state index is 0.158. The molecule has 2 aromatic heterocycles. The van der Waals surface area contributed by atoms with Gasteiger partial charge in [0.1, 0.15) is 15.9 Å². The van der Waals surface area contributed by atoms with E-state index < -0.39 is 0 Å². The fourth-order valence-corrected chi connectivity index (χ4v) is 2.11. The van der Waals surface area contributed by atoms with Gasteiger partial charge in [0.15, 0.2) is 0 Å². The first-order valence-corrected chi connectivity index (χ1v) is 5.99. The van der Waals surface area contributed by atoms with Crippen molar-refractivity contribution < 1.29 is 0 Å². The number of nitrogen functional groups attached to an aromatic ring is 1. The summed E-state index contributed by atoms with van der Waals surface area (Å²) >= 11 is 1.29. The number of aromatic nitrogens is 3. The van der Waals surface area contributed by atoms with Crippen molar-refractivity contribution in [2.24, 2.45) is 0 Å². The van der Waals surface area contributed by atoms with Crippen molar-refractivity contribution in [3.05, 3.63) is 40.6 Å². The van der Waals surface area contributed by atoms with E-state index in [2.05, 4.69) is 15.0 Å². The van der Waals surface area contributed by atoms with E-state index >= 15 is 0 Å². The van der Waals surface area contributed by atoms with Gasteiger partial charge in [-0.25, -0.2) is 9.97 Å². The van der Waals surface area contributed by atoms with Gasteiger partial charge in [-0.05, 0) is 23.9 Å². The van der Waals surface area contributed by atoms with Crippen LogP contribution >= 0.6 is 11.8 Å². The summed E-state index contributed by atoms with van der Waals surface area (Å²) in [5.74, 6) is 0.662. The van der Waals surface area contributed by atoms with Crippen LogP contribution < -0.4 is 11.3 Å². The fourth-order valence-electron chi connectivity index (χ4n) is 1.29. The Bertz CT molecular complexity index is 582. The summed E-state index contributed by atoms with van der Waals surface area (Å²) in [5, 5.41) is 1.27. The Labute approximate surface area is 103 Å². The van der Waals surface area contributed by atoms with Crippen molar-refractivity contribution in [2.75, 3.05) is 5.73 Å². The molecule has 0 aliphatic carbocycles. The molecule has 0 aliphatic heterocycles. The standard InChI is InChI=1S/C11H12N4OS/c1-2-8-14-9(16)6-10(15-8)17-11-7(12)4-3-5-13-11/h3-6H,2,12H2,1H3,(H,14,15,16). The number of aromatic amines is 1. The highest BCUT2D eigenvalue weighted by Crippen LogP contribution is 2.27. The second-order valence-corrected chi connectivity index (χ2v) is 4.39. The topological polar surface area (TPSA) is 84.7 Å². The highest BCUT2D eigenvalue weighted by molar-refractivity contribution is 7.99. The molecule has 0 bridgehead atoms. The predicted molar refractivity (Wildman–Crippen MR) is 67.0 cm³/mol. The normalized spacial score (nSPS) is 10.4. The van der Waals surface area contributed by atoms with Crippen molar-refractivity contribution >= 4 is 17.4 Å². The summed E-state index contributed by atoms with van der Waals surface area (Å²) in [6.45, 7) is 1.93. The number of hydrogen-bond donors (Lipinski definition) is 2. The van der Waals surface area contributed by atoms with Gasteiger partial charge in [-0.3, -0.25) is 4.79 Å². The molecule has 0 amide bonds. The lowest BCUT2D eigenvalue weighted by Gasteiger charge is -2.03. The summed E-state index contributed by atoms with van der Waals surface area (Å²) in [6.07, 6.45) is 2.34. The third kappa shape index (κ3) is 2.85. The van der Waals surface area contributed by atoms with E-state index in [0.29, 0.717) is 28.0 Å². The molecule has 88 valence electrons. The summed E-state index contributed by atoms with van der Waals surface area (Å²) in [4.78, 5) is 22.5. The van der Waals surface area contributed by atoms with Gasteiger partial charge in [0.25, 0.3) is 5.56 Å². The highest BCUT2D eigenvalue weighted by atomic mass is 32.2. The van der Waals surface area contributed by atoms with Crippen LogP contribution in [-0.2, 0) is 6.42 Å². The SMILES string of the molecule is CCc1nc(Sc2ncccc2N)cc(=O)[nH]1. The smallest absolute Gasteiger partial charge is 0.251 e. The minimum atomic E-state index is -0.158. The molecule has 2 heterocycles. The molecule has 17 heavy (non-hydrogen) atoms. The summed E-state index contributed by atoms with van der Waals surface area (Å²) in [6, 6.07) is 4.98. The molecule has 0 aromatic carbocycles. The average Bonchev–Trinajstić information content (AvgIpc) is 2.31. The van der Waals surface area contributed by atoms with Crippen molar-refractivity contribution in [3.8, 4) is 0 Å². The molecule has 0 saturated heterocycles. The zero-order chi connectivity index (χ0) is 12.3. The van der Waals surface area contributed by atoms with Gasteiger partial charge < -0.3 is 10.7 Å². The molecule has 5 nitrogen and oxygen atoms in total. The van der Waals surface area contributed by atoms with E-state index in [1.165, 1.54) is 17.8 Å². The second kappa shape index (κ2) is 5.01. The summed E-state index contributed by atoms with van der Waals surface area (Å²) < 4.78 is 0. The van der Waals surface area contributed by atoms with Gasteiger partial charge in [-0.1, -0.05) is 6.92 Å². The first-order chi connectivity index (χ1) is 8.19. The minimum Gasteiger partial charge on any atom is -0.397 e. The van der Waals surface area contributed by atoms with Gasteiger partial charge >= 0.3 is 0 Å². The predicted octanol–water partition coefficient (Wildman–Crippen LogP) is 1.46. The van der Waals surface area contributed by atoms with Crippen LogP contribution in [0.3, 0.4) is 0 Å². The molecule has 0 radical (unpaired) electrons. The van der Waals surface area contributed by atoms with Gasteiger partial charge in [0, 0.05) is 18.7 Å². The Kier molecular flexibility index (Phi) is 3.43. The first-order valence-electron chi connectivity index (χ1n) is 5.17. The number of nitrogens with two attached hydrogens (primary N) is 1. The Hall–Kier alpha value is -1.82. The Morgan fingerprint density at radius 1 is 1.53 bits per heavy atom. The summed E-state index contributed by atoms with van der Waals surface area (Å²) in [5.41, 5.74) is 6.20. The molecule has 0 fully saturated rings. The number of anilines is 1. The van der Waals surface area contributed by atoms with Gasteiger partial charge in [0.2, 0.25) is 0 Å². The quantitative estimate of drug-likeness (QED) is 0.803. The van der Waals surface area contributed by atoms with Crippen LogP contribution in [0.15, 0.2) is 39.2 Å². The lowest BCUT2D eigenvalue weighted by molar-refractivity contribution is 0.869.